The van der Waals surface area contributed by atoms with Crippen molar-refractivity contribution in [2.75, 3.05) is 0 Å². The minimum absolute atomic E-state index is 0.396. The molecule has 0 bridgehead atoms. The topological polar surface area (TPSA) is 74.7 Å². The van der Waals surface area contributed by atoms with Crippen molar-refractivity contribution in [3.05, 3.63) is 75.8 Å². The molecule has 1 atom stereocenters. The lowest BCUT2D eigenvalue weighted by Crippen LogP contribution is -2.18. The van der Waals surface area contributed by atoms with Crippen molar-refractivity contribution in [1.82, 2.24) is 14.8 Å². The molecule has 3 rings (SSSR count). The molecule has 1 heterocycles. The summed E-state index contributed by atoms with van der Waals surface area (Å²) in [5.41, 5.74) is 0.615. The van der Waals surface area contributed by atoms with Gasteiger partial charge in [-0.05, 0) is 48.9 Å². The maximum absolute atomic E-state index is 10.6. The first-order valence-electron chi connectivity index (χ1n) is 7.50. The van der Waals surface area contributed by atoms with Crippen LogP contribution in [0.4, 0.5) is 0 Å². The van der Waals surface area contributed by atoms with Crippen LogP contribution in [-0.2, 0) is 5.60 Å². The van der Waals surface area contributed by atoms with Crippen molar-refractivity contribution in [2.24, 2.45) is 0 Å². The molecular weight excluding hydrogens is 371 g/mol. The van der Waals surface area contributed by atoms with Gasteiger partial charge in [-0.1, -0.05) is 35.0 Å². The van der Waals surface area contributed by atoms with E-state index in [1.807, 2.05) is 0 Å². The van der Waals surface area contributed by atoms with Crippen LogP contribution in [0.25, 0.3) is 5.69 Å². The van der Waals surface area contributed by atoms with Crippen molar-refractivity contribution in [3.63, 3.8) is 0 Å². The molecule has 5 nitrogen and oxygen atoms in total. The summed E-state index contributed by atoms with van der Waals surface area (Å²) in [5.74, 6) is 5.68. The second kappa shape index (κ2) is 7.19. The molecule has 1 aromatic heterocycles. The van der Waals surface area contributed by atoms with Gasteiger partial charge in [-0.15, -0.1) is 0 Å². The maximum Gasteiger partial charge on any atom is 0.148 e. The zero-order chi connectivity index (χ0) is 18.7. The van der Waals surface area contributed by atoms with E-state index in [4.69, 9.17) is 23.2 Å². The molecule has 0 fully saturated rings. The summed E-state index contributed by atoms with van der Waals surface area (Å²) in [6, 6.07) is 12.0. The van der Waals surface area contributed by atoms with Crippen LogP contribution in [0.3, 0.4) is 0 Å². The van der Waals surface area contributed by atoms with E-state index >= 15 is 0 Å². The Morgan fingerprint density at radius 2 is 1.88 bits per heavy atom. The Hall–Kier alpha value is -2.83. The zero-order valence-electron chi connectivity index (χ0n) is 13.6. The summed E-state index contributed by atoms with van der Waals surface area (Å²) in [7, 11) is 0. The fourth-order valence-electron chi connectivity index (χ4n) is 2.34. The Morgan fingerprint density at radius 3 is 2.50 bits per heavy atom. The van der Waals surface area contributed by atoms with Gasteiger partial charge in [0, 0.05) is 15.6 Å². The van der Waals surface area contributed by atoms with E-state index in [9.17, 15) is 10.4 Å². The number of aliphatic hydroxyl groups is 1. The molecule has 0 saturated heterocycles. The van der Waals surface area contributed by atoms with E-state index in [0.29, 0.717) is 32.4 Å². The van der Waals surface area contributed by atoms with Gasteiger partial charge in [0.15, 0.2) is 0 Å². The number of aromatic nitrogens is 3. The second-order valence-corrected chi connectivity index (χ2v) is 6.54. The first-order chi connectivity index (χ1) is 12.4. The van der Waals surface area contributed by atoms with Crippen molar-refractivity contribution in [1.29, 1.82) is 5.26 Å². The van der Waals surface area contributed by atoms with Gasteiger partial charge in [0.05, 0.1) is 11.3 Å². The van der Waals surface area contributed by atoms with Gasteiger partial charge >= 0.3 is 0 Å². The molecular formula is C19H12Cl2N4O. The largest absolute Gasteiger partial charge is 0.374 e. The van der Waals surface area contributed by atoms with Gasteiger partial charge < -0.3 is 5.11 Å². The van der Waals surface area contributed by atoms with Crippen molar-refractivity contribution < 1.29 is 5.11 Å². The summed E-state index contributed by atoms with van der Waals surface area (Å²) in [6.45, 7) is 1.55. The maximum atomic E-state index is 10.6. The number of nitriles is 1. The molecule has 1 N–H and O–H groups in total. The predicted octanol–water partition coefficient (Wildman–Crippen LogP) is 3.70. The number of hydrogen-bond acceptors (Lipinski definition) is 4. The predicted molar refractivity (Wildman–Crippen MR) is 99.0 cm³/mol. The van der Waals surface area contributed by atoms with E-state index in [2.05, 4.69) is 28.0 Å². The number of hydrogen-bond donors (Lipinski definition) is 1. The van der Waals surface area contributed by atoms with E-state index in [-0.39, 0.29) is 0 Å². The Labute approximate surface area is 160 Å². The lowest BCUT2D eigenvalue weighted by Gasteiger charge is -2.17. The monoisotopic (exact) mass is 382 g/mol. The number of benzene rings is 2. The number of nitrogens with zero attached hydrogens (tertiary/aromatic N) is 4. The lowest BCUT2D eigenvalue weighted by atomic mass is 9.96. The van der Waals surface area contributed by atoms with E-state index < -0.39 is 5.60 Å². The Bertz CT molecular complexity index is 1040. The zero-order valence-corrected chi connectivity index (χ0v) is 15.1. The highest BCUT2D eigenvalue weighted by Gasteiger charge is 2.21. The van der Waals surface area contributed by atoms with Crippen LogP contribution >= 0.6 is 23.2 Å². The molecule has 0 spiro atoms. The number of halogens is 2. The third-order valence-corrected chi connectivity index (χ3v) is 4.09. The third kappa shape index (κ3) is 3.87. The molecule has 128 valence electrons. The highest BCUT2D eigenvalue weighted by atomic mass is 35.5. The highest BCUT2D eigenvalue weighted by Crippen LogP contribution is 2.27. The second-order valence-electron chi connectivity index (χ2n) is 5.66. The molecule has 0 radical (unpaired) electrons. The Balaban J connectivity index is 1.96. The van der Waals surface area contributed by atoms with Gasteiger partial charge in [0.2, 0.25) is 0 Å². The fourth-order valence-corrected chi connectivity index (χ4v) is 2.86. The Morgan fingerprint density at radius 1 is 1.15 bits per heavy atom. The molecule has 0 saturated carbocycles. The molecule has 0 aliphatic rings. The van der Waals surface area contributed by atoms with Gasteiger partial charge in [0.1, 0.15) is 24.3 Å². The van der Waals surface area contributed by atoms with Gasteiger partial charge in [-0.3, -0.25) is 0 Å². The van der Waals surface area contributed by atoms with E-state index in [1.54, 1.807) is 43.3 Å². The molecule has 26 heavy (non-hydrogen) atoms. The molecule has 3 aromatic rings. The van der Waals surface area contributed by atoms with Crippen molar-refractivity contribution in [3.8, 4) is 23.6 Å². The average Bonchev–Trinajstić information content (AvgIpc) is 3.13. The van der Waals surface area contributed by atoms with Crippen LogP contribution in [0.5, 0.6) is 0 Å². The van der Waals surface area contributed by atoms with Gasteiger partial charge in [-0.2, -0.15) is 10.4 Å². The summed E-state index contributed by atoms with van der Waals surface area (Å²) in [5, 5.41) is 24.9. The van der Waals surface area contributed by atoms with Crippen LogP contribution < -0.4 is 0 Å². The first-order valence-corrected chi connectivity index (χ1v) is 8.26. The molecule has 7 heteroatoms. The average molecular weight is 383 g/mol. The minimum Gasteiger partial charge on any atom is -0.374 e. The molecule has 0 amide bonds. The fraction of sp³-hybridized carbons (Fsp3) is 0.105. The summed E-state index contributed by atoms with van der Waals surface area (Å²) in [6.07, 6.45) is 2.90. The SMILES string of the molecule is C[C@](O)(C#Cc1ccc(-n2cncn2)c(C#N)c1)c1cc(Cl)cc(Cl)c1. The molecule has 0 aliphatic heterocycles. The van der Waals surface area contributed by atoms with Crippen molar-refractivity contribution >= 4 is 23.2 Å². The summed E-state index contributed by atoms with van der Waals surface area (Å²) in [4.78, 5) is 3.87. The summed E-state index contributed by atoms with van der Waals surface area (Å²) >= 11 is 12.0. The normalized spacial score (nSPS) is 12.6. The van der Waals surface area contributed by atoms with E-state index in [0.717, 1.165) is 0 Å². The van der Waals surface area contributed by atoms with Crippen molar-refractivity contribution in [2.45, 2.75) is 12.5 Å². The standard InChI is InChI=1S/C19H12Cl2N4O/c1-19(26,15-7-16(20)9-17(21)8-15)5-4-13-2-3-18(14(6-13)10-22)25-12-23-11-24-25/h2-3,6-9,11-12,26H,1H3/t19-/m0/s1. The smallest absolute Gasteiger partial charge is 0.148 e. The number of rotatable bonds is 2. The third-order valence-electron chi connectivity index (χ3n) is 3.66. The highest BCUT2D eigenvalue weighted by molar-refractivity contribution is 6.34. The van der Waals surface area contributed by atoms with E-state index in [1.165, 1.54) is 17.3 Å². The molecule has 0 unspecified atom stereocenters. The van der Waals surface area contributed by atoms with Crippen LogP contribution in [0.1, 0.15) is 23.6 Å². The van der Waals surface area contributed by atoms with Crippen LogP contribution in [0, 0.1) is 23.2 Å². The molecule has 0 aliphatic carbocycles. The Kier molecular flexibility index (Phi) is 4.97. The summed E-state index contributed by atoms with van der Waals surface area (Å²) < 4.78 is 1.50. The van der Waals surface area contributed by atoms with Gasteiger partial charge in [-0.25, -0.2) is 9.67 Å². The molecule has 2 aromatic carbocycles. The van der Waals surface area contributed by atoms with Crippen LogP contribution in [0.2, 0.25) is 10.0 Å². The first kappa shape index (κ1) is 18.0. The quantitative estimate of drug-likeness (QED) is 0.685. The minimum atomic E-state index is -1.45. The lowest BCUT2D eigenvalue weighted by molar-refractivity contribution is 0.122. The van der Waals surface area contributed by atoms with Gasteiger partial charge in [0.25, 0.3) is 0 Å². The van der Waals surface area contributed by atoms with Crippen LogP contribution in [0.15, 0.2) is 49.1 Å². The van der Waals surface area contributed by atoms with Crippen LogP contribution in [-0.4, -0.2) is 19.9 Å².